The Kier molecular flexibility index (Phi) is 4.55. The number of hydrogen-bond donors (Lipinski definition) is 2. The van der Waals surface area contributed by atoms with Gasteiger partial charge in [-0.1, -0.05) is 0 Å². The molecule has 1 aliphatic rings. The van der Waals surface area contributed by atoms with Gasteiger partial charge in [-0.25, -0.2) is 17.2 Å². The van der Waals surface area contributed by atoms with Crippen LogP contribution in [0.25, 0.3) is 0 Å². The molecule has 0 spiro atoms. The normalized spacial score (nSPS) is 17.8. The first-order valence-electron chi connectivity index (χ1n) is 6.31. The van der Waals surface area contributed by atoms with Crippen molar-refractivity contribution in [2.75, 3.05) is 32.7 Å². The third-order valence-electron chi connectivity index (χ3n) is 3.25. The third-order valence-corrected chi connectivity index (χ3v) is 5.15. The number of rotatable bonds is 4. The summed E-state index contributed by atoms with van der Waals surface area (Å²) in [5.41, 5.74) is 5.30. The first-order chi connectivity index (χ1) is 9.80. The molecule has 0 bridgehead atoms. The van der Waals surface area contributed by atoms with Crippen molar-refractivity contribution in [2.45, 2.75) is 4.90 Å². The van der Waals surface area contributed by atoms with E-state index in [1.165, 1.54) is 4.31 Å². The standard InChI is InChI=1S/C12H16F2N4O2S/c13-10-2-1-9(7-11(10)14)21(19,20)18-5-3-17(4-6-18)8-12(15)16/h1-2,7H,3-6,8H2,(H3,15,16). The molecule has 6 nitrogen and oxygen atoms in total. The van der Waals surface area contributed by atoms with Crippen molar-refractivity contribution in [1.82, 2.24) is 9.21 Å². The zero-order chi connectivity index (χ0) is 15.6. The van der Waals surface area contributed by atoms with E-state index in [0.29, 0.717) is 25.7 Å². The van der Waals surface area contributed by atoms with Crippen LogP contribution in [0.5, 0.6) is 0 Å². The SMILES string of the molecule is N=C(N)CN1CCN(S(=O)(=O)c2ccc(F)c(F)c2)CC1. The predicted molar refractivity (Wildman–Crippen MR) is 73.5 cm³/mol. The van der Waals surface area contributed by atoms with Crippen LogP contribution in [0, 0.1) is 17.0 Å². The van der Waals surface area contributed by atoms with Crippen LogP contribution in [0.1, 0.15) is 0 Å². The lowest BCUT2D eigenvalue weighted by molar-refractivity contribution is 0.208. The predicted octanol–water partition coefficient (Wildman–Crippen LogP) is 0.207. The molecule has 9 heteroatoms. The number of nitrogens with zero attached hydrogens (tertiary/aromatic N) is 2. The van der Waals surface area contributed by atoms with E-state index in [1.807, 2.05) is 4.90 Å². The summed E-state index contributed by atoms with van der Waals surface area (Å²) < 4.78 is 51.9. The highest BCUT2D eigenvalue weighted by molar-refractivity contribution is 7.89. The second kappa shape index (κ2) is 6.04. The average Bonchev–Trinajstić information content (AvgIpc) is 2.41. The first kappa shape index (κ1) is 15.8. The highest BCUT2D eigenvalue weighted by Gasteiger charge is 2.29. The lowest BCUT2D eigenvalue weighted by atomic mass is 10.3. The van der Waals surface area contributed by atoms with Gasteiger partial charge in [-0.05, 0) is 18.2 Å². The van der Waals surface area contributed by atoms with Crippen LogP contribution < -0.4 is 5.73 Å². The van der Waals surface area contributed by atoms with Gasteiger partial charge in [-0.15, -0.1) is 0 Å². The van der Waals surface area contributed by atoms with E-state index in [2.05, 4.69) is 0 Å². The number of benzene rings is 1. The summed E-state index contributed by atoms with van der Waals surface area (Å²) in [6.07, 6.45) is 0. The third kappa shape index (κ3) is 3.55. The van der Waals surface area contributed by atoms with Crippen LogP contribution in [-0.2, 0) is 10.0 Å². The number of nitrogens with one attached hydrogen (secondary N) is 1. The van der Waals surface area contributed by atoms with Crippen molar-refractivity contribution >= 4 is 15.9 Å². The van der Waals surface area contributed by atoms with Gasteiger partial charge in [-0.2, -0.15) is 4.31 Å². The molecule has 1 aromatic rings. The molecule has 21 heavy (non-hydrogen) atoms. The molecule has 0 atom stereocenters. The number of hydrogen-bond acceptors (Lipinski definition) is 4. The summed E-state index contributed by atoms with van der Waals surface area (Å²) in [6.45, 7) is 1.59. The fourth-order valence-electron chi connectivity index (χ4n) is 2.16. The maximum atomic E-state index is 13.2. The van der Waals surface area contributed by atoms with Crippen LogP contribution in [0.4, 0.5) is 8.78 Å². The molecule has 3 N–H and O–H groups in total. The summed E-state index contributed by atoms with van der Waals surface area (Å²) in [6, 6.07) is 2.54. The minimum atomic E-state index is -3.84. The molecule has 0 aliphatic carbocycles. The summed E-state index contributed by atoms with van der Waals surface area (Å²) in [4.78, 5) is 1.60. The van der Waals surface area contributed by atoms with E-state index in [-0.39, 0.29) is 23.8 Å². The molecule has 1 fully saturated rings. The van der Waals surface area contributed by atoms with Gasteiger partial charge in [0.05, 0.1) is 11.4 Å². The van der Waals surface area contributed by atoms with Crippen molar-refractivity contribution in [3.8, 4) is 0 Å². The van der Waals surface area contributed by atoms with Crippen molar-refractivity contribution in [3.63, 3.8) is 0 Å². The number of halogens is 2. The van der Waals surface area contributed by atoms with Gasteiger partial charge < -0.3 is 5.73 Å². The van der Waals surface area contributed by atoms with Gasteiger partial charge in [0.25, 0.3) is 0 Å². The Labute approximate surface area is 121 Å². The van der Waals surface area contributed by atoms with Gasteiger partial charge in [0, 0.05) is 26.2 Å². The molecule has 1 saturated heterocycles. The zero-order valence-corrected chi connectivity index (χ0v) is 12.0. The van der Waals surface area contributed by atoms with E-state index >= 15 is 0 Å². The second-order valence-electron chi connectivity index (χ2n) is 4.78. The van der Waals surface area contributed by atoms with Crippen LogP contribution in [0.2, 0.25) is 0 Å². The molecule has 0 amide bonds. The van der Waals surface area contributed by atoms with Gasteiger partial charge in [0.15, 0.2) is 11.6 Å². The van der Waals surface area contributed by atoms with Crippen molar-refractivity contribution < 1.29 is 17.2 Å². The highest BCUT2D eigenvalue weighted by Crippen LogP contribution is 2.19. The van der Waals surface area contributed by atoms with E-state index in [1.54, 1.807) is 0 Å². The Balaban J connectivity index is 2.11. The Morgan fingerprint density at radius 3 is 2.33 bits per heavy atom. The maximum Gasteiger partial charge on any atom is 0.243 e. The van der Waals surface area contributed by atoms with E-state index in [0.717, 1.165) is 12.1 Å². The van der Waals surface area contributed by atoms with Crippen molar-refractivity contribution in [3.05, 3.63) is 29.8 Å². The molecule has 116 valence electrons. The van der Waals surface area contributed by atoms with E-state index < -0.39 is 21.7 Å². The highest BCUT2D eigenvalue weighted by atomic mass is 32.2. The molecule has 1 aromatic carbocycles. The minimum absolute atomic E-state index is 0.0203. The van der Waals surface area contributed by atoms with Crippen LogP contribution in [0.15, 0.2) is 23.1 Å². The fourth-order valence-corrected chi connectivity index (χ4v) is 3.59. The summed E-state index contributed by atoms with van der Waals surface area (Å²) in [5.74, 6) is -2.25. The molecule has 1 heterocycles. The topological polar surface area (TPSA) is 90.5 Å². The van der Waals surface area contributed by atoms with Crippen LogP contribution in [-0.4, -0.2) is 56.2 Å². The van der Waals surface area contributed by atoms with Gasteiger partial charge in [0.2, 0.25) is 10.0 Å². The van der Waals surface area contributed by atoms with Gasteiger partial charge in [-0.3, -0.25) is 10.3 Å². The summed E-state index contributed by atoms with van der Waals surface area (Å²) >= 11 is 0. The Bertz CT molecular complexity index is 643. The monoisotopic (exact) mass is 318 g/mol. The molecular formula is C12H16F2N4O2S. The Hall–Kier alpha value is -1.58. The molecule has 1 aliphatic heterocycles. The van der Waals surface area contributed by atoms with Crippen molar-refractivity contribution in [2.24, 2.45) is 5.73 Å². The number of piperazine rings is 1. The second-order valence-corrected chi connectivity index (χ2v) is 6.72. The molecule has 0 saturated carbocycles. The number of sulfonamides is 1. The van der Waals surface area contributed by atoms with Gasteiger partial charge in [0.1, 0.15) is 5.84 Å². The molecule has 0 unspecified atom stereocenters. The first-order valence-corrected chi connectivity index (χ1v) is 7.75. The lowest BCUT2D eigenvalue weighted by Crippen LogP contribution is -2.50. The van der Waals surface area contributed by atoms with Crippen LogP contribution >= 0.6 is 0 Å². The minimum Gasteiger partial charge on any atom is -0.387 e. The molecule has 0 aromatic heterocycles. The summed E-state index contributed by atoms with van der Waals surface area (Å²) in [5, 5.41) is 7.21. The smallest absolute Gasteiger partial charge is 0.243 e. The number of nitrogens with two attached hydrogens (primary N) is 1. The molecule has 0 radical (unpaired) electrons. The average molecular weight is 318 g/mol. The molecule has 2 rings (SSSR count). The maximum absolute atomic E-state index is 13.2. The van der Waals surface area contributed by atoms with Gasteiger partial charge >= 0.3 is 0 Å². The Morgan fingerprint density at radius 2 is 1.81 bits per heavy atom. The summed E-state index contributed by atoms with van der Waals surface area (Å²) in [7, 11) is -3.84. The zero-order valence-electron chi connectivity index (χ0n) is 11.2. The largest absolute Gasteiger partial charge is 0.387 e. The van der Waals surface area contributed by atoms with E-state index in [9.17, 15) is 17.2 Å². The quantitative estimate of drug-likeness (QED) is 0.613. The molecular weight excluding hydrogens is 302 g/mol. The lowest BCUT2D eigenvalue weighted by Gasteiger charge is -2.33. The number of amidine groups is 1. The van der Waals surface area contributed by atoms with E-state index in [4.69, 9.17) is 11.1 Å². The van der Waals surface area contributed by atoms with Crippen LogP contribution in [0.3, 0.4) is 0 Å². The fraction of sp³-hybridized carbons (Fsp3) is 0.417. The van der Waals surface area contributed by atoms with Crippen molar-refractivity contribution in [1.29, 1.82) is 5.41 Å². The Morgan fingerprint density at radius 1 is 1.19 bits per heavy atom.